The summed E-state index contributed by atoms with van der Waals surface area (Å²) in [5.41, 5.74) is 0. The van der Waals surface area contributed by atoms with Crippen LogP contribution >= 0.6 is 11.6 Å². The molecule has 90 valence electrons. The Labute approximate surface area is 98.6 Å². The molecule has 1 amide bonds. The van der Waals surface area contributed by atoms with Crippen LogP contribution < -0.4 is 0 Å². The molecule has 4 unspecified atom stereocenters. The second kappa shape index (κ2) is 4.22. The van der Waals surface area contributed by atoms with Crippen LogP contribution in [-0.2, 0) is 19.1 Å². The van der Waals surface area contributed by atoms with Gasteiger partial charge in [-0.3, -0.25) is 9.69 Å². The van der Waals surface area contributed by atoms with E-state index in [9.17, 15) is 9.59 Å². The fourth-order valence-corrected chi connectivity index (χ4v) is 2.42. The first-order valence-corrected chi connectivity index (χ1v) is 5.83. The molecule has 2 fully saturated rings. The predicted molar refractivity (Wildman–Crippen MR) is 55.9 cm³/mol. The second-order valence-electron chi connectivity index (χ2n) is 3.82. The van der Waals surface area contributed by atoms with Gasteiger partial charge in [0.1, 0.15) is 0 Å². The first kappa shape index (κ1) is 11.7. The standard InChI is InChI=1S/C10H14ClNO4/c1-3-5-7(10(14)15-4-2)12-8(13)6(11)9(12)16-5/h5-7,9H,3-4H2,1-2H3. The number of carbonyl (C=O) groups is 2. The van der Waals surface area contributed by atoms with Gasteiger partial charge >= 0.3 is 5.97 Å². The summed E-state index contributed by atoms with van der Waals surface area (Å²) in [4.78, 5) is 24.6. The van der Waals surface area contributed by atoms with Gasteiger partial charge in [-0.05, 0) is 13.3 Å². The van der Waals surface area contributed by atoms with Crippen LogP contribution in [0, 0.1) is 0 Å². The van der Waals surface area contributed by atoms with Gasteiger partial charge in [0.15, 0.2) is 17.6 Å². The van der Waals surface area contributed by atoms with Gasteiger partial charge in [0.25, 0.3) is 0 Å². The summed E-state index contributed by atoms with van der Waals surface area (Å²) in [5, 5.41) is -0.659. The molecular weight excluding hydrogens is 234 g/mol. The van der Waals surface area contributed by atoms with Crippen LogP contribution in [0.3, 0.4) is 0 Å². The molecule has 2 saturated heterocycles. The van der Waals surface area contributed by atoms with Gasteiger partial charge in [-0.15, -0.1) is 11.6 Å². The van der Waals surface area contributed by atoms with Gasteiger partial charge in [0.2, 0.25) is 5.91 Å². The lowest BCUT2D eigenvalue weighted by molar-refractivity contribution is -0.164. The number of amides is 1. The van der Waals surface area contributed by atoms with E-state index in [1.807, 2.05) is 6.92 Å². The summed E-state index contributed by atoms with van der Waals surface area (Å²) < 4.78 is 10.5. The maximum Gasteiger partial charge on any atom is 0.331 e. The quantitative estimate of drug-likeness (QED) is 0.414. The molecule has 5 nitrogen and oxygen atoms in total. The molecule has 4 atom stereocenters. The molecule has 2 heterocycles. The Bertz CT molecular complexity index is 322. The molecule has 6 heteroatoms. The monoisotopic (exact) mass is 247 g/mol. The van der Waals surface area contributed by atoms with Crippen LogP contribution in [-0.4, -0.2) is 47.1 Å². The van der Waals surface area contributed by atoms with E-state index in [2.05, 4.69) is 0 Å². The molecule has 0 spiro atoms. The zero-order valence-electron chi connectivity index (χ0n) is 9.18. The summed E-state index contributed by atoms with van der Waals surface area (Å²) in [6, 6.07) is -0.627. The molecule has 0 radical (unpaired) electrons. The van der Waals surface area contributed by atoms with Gasteiger partial charge in [-0.25, -0.2) is 4.79 Å². The predicted octanol–water partition coefficient (Wildman–Crippen LogP) is 0.503. The Balaban J connectivity index is 2.15. The zero-order valence-corrected chi connectivity index (χ0v) is 9.94. The van der Waals surface area contributed by atoms with E-state index in [1.54, 1.807) is 6.92 Å². The number of β-lactam (4-membered cyclic amide) rings is 1. The Morgan fingerprint density at radius 3 is 2.81 bits per heavy atom. The van der Waals surface area contributed by atoms with Gasteiger partial charge in [0, 0.05) is 0 Å². The molecule has 0 bridgehead atoms. The SMILES string of the molecule is CCOC(=O)C1C(CC)OC2C(Cl)C(=O)N21. The third-order valence-corrected chi connectivity index (χ3v) is 3.31. The van der Waals surface area contributed by atoms with Gasteiger partial charge in [-0.1, -0.05) is 6.92 Å². The van der Waals surface area contributed by atoms with Crippen molar-refractivity contribution >= 4 is 23.5 Å². The third kappa shape index (κ3) is 1.50. The van der Waals surface area contributed by atoms with Crippen molar-refractivity contribution in [3.05, 3.63) is 0 Å². The van der Waals surface area contributed by atoms with Crippen LogP contribution in [0.5, 0.6) is 0 Å². The summed E-state index contributed by atoms with van der Waals surface area (Å²) in [5.74, 6) is -0.658. The number of hydrogen-bond donors (Lipinski definition) is 0. The minimum Gasteiger partial charge on any atom is -0.464 e. The van der Waals surface area contributed by atoms with E-state index in [0.717, 1.165) is 0 Å². The average molecular weight is 248 g/mol. The molecular formula is C10H14ClNO4. The number of esters is 1. The Morgan fingerprint density at radius 1 is 1.56 bits per heavy atom. The number of nitrogens with zero attached hydrogens (tertiary/aromatic N) is 1. The molecule has 0 aromatic carbocycles. The van der Waals surface area contributed by atoms with Crippen LogP contribution in [0.25, 0.3) is 0 Å². The molecule has 16 heavy (non-hydrogen) atoms. The van der Waals surface area contributed by atoms with Crippen molar-refractivity contribution in [2.24, 2.45) is 0 Å². The van der Waals surface area contributed by atoms with Crippen molar-refractivity contribution in [1.82, 2.24) is 4.90 Å². The van der Waals surface area contributed by atoms with E-state index in [4.69, 9.17) is 21.1 Å². The molecule has 2 rings (SSSR count). The smallest absolute Gasteiger partial charge is 0.331 e. The number of hydrogen-bond acceptors (Lipinski definition) is 4. The van der Waals surface area contributed by atoms with Gasteiger partial charge in [0.05, 0.1) is 12.7 Å². The third-order valence-electron chi connectivity index (χ3n) is 2.91. The van der Waals surface area contributed by atoms with E-state index in [-0.39, 0.29) is 12.0 Å². The van der Waals surface area contributed by atoms with Crippen LogP contribution in [0.1, 0.15) is 20.3 Å². The number of alkyl halides is 1. The lowest BCUT2D eigenvalue weighted by Crippen LogP contribution is -2.63. The molecule has 2 aliphatic heterocycles. The van der Waals surface area contributed by atoms with Crippen molar-refractivity contribution in [3.63, 3.8) is 0 Å². The first-order valence-electron chi connectivity index (χ1n) is 5.40. The van der Waals surface area contributed by atoms with Crippen molar-refractivity contribution in [2.45, 2.75) is 44.0 Å². The Morgan fingerprint density at radius 2 is 2.25 bits per heavy atom. The van der Waals surface area contributed by atoms with Crippen molar-refractivity contribution in [2.75, 3.05) is 6.61 Å². The fraction of sp³-hybridized carbons (Fsp3) is 0.800. The van der Waals surface area contributed by atoms with Gasteiger partial charge < -0.3 is 9.47 Å². The number of carbonyl (C=O) groups excluding carboxylic acids is 2. The topological polar surface area (TPSA) is 55.8 Å². The highest BCUT2D eigenvalue weighted by Gasteiger charge is 2.60. The lowest BCUT2D eigenvalue weighted by atomic mass is 10.0. The number of halogens is 1. The van der Waals surface area contributed by atoms with E-state index < -0.39 is 23.6 Å². The van der Waals surface area contributed by atoms with E-state index >= 15 is 0 Å². The number of ether oxygens (including phenoxy) is 2. The molecule has 0 aromatic rings. The summed E-state index contributed by atoms with van der Waals surface area (Å²) in [6.07, 6.45) is -0.127. The van der Waals surface area contributed by atoms with Crippen LogP contribution in [0.15, 0.2) is 0 Å². The minimum absolute atomic E-state index is 0.249. The average Bonchev–Trinajstić information content (AvgIpc) is 2.64. The van der Waals surface area contributed by atoms with Crippen molar-refractivity contribution in [1.29, 1.82) is 0 Å². The van der Waals surface area contributed by atoms with Gasteiger partial charge in [-0.2, -0.15) is 0 Å². The van der Waals surface area contributed by atoms with E-state index in [1.165, 1.54) is 4.90 Å². The fourth-order valence-electron chi connectivity index (χ4n) is 2.12. The van der Waals surface area contributed by atoms with E-state index in [0.29, 0.717) is 13.0 Å². The summed E-state index contributed by atoms with van der Waals surface area (Å²) in [7, 11) is 0. The maximum absolute atomic E-state index is 11.7. The largest absolute Gasteiger partial charge is 0.464 e. The number of rotatable bonds is 3. The molecule has 0 aliphatic carbocycles. The van der Waals surface area contributed by atoms with Crippen molar-refractivity contribution < 1.29 is 19.1 Å². The van der Waals surface area contributed by atoms with Crippen LogP contribution in [0.4, 0.5) is 0 Å². The molecule has 0 saturated carbocycles. The summed E-state index contributed by atoms with van der Waals surface area (Å²) >= 11 is 5.80. The van der Waals surface area contributed by atoms with Crippen molar-refractivity contribution in [3.8, 4) is 0 Å². The highest BCUT2D eigenvalue weighted by atomic mass is 35.5. The lowest BCUT2D eigenvalue weighted by Gasteiger charge is -2.39. The molecule has 0 aromatic heterocycles. The maximum atomic E-state index is 11.7. The Hall–Kier alpha value is -0.810. The molecule has 2 aliphatic rings. The highest BCUT2D eigenvalue weighted by molar-refractivity contribution is 6.33. The zero-order chi connectivity index (χ0) is 11.9. The second-order valence-corrected chi connectivity index (χ2v) is 4.29. The molecule has 0 N–H and O–H groups in total. The highest BCUT2D eigenvalue weighted by Crippen LogP contribution is 2.38. The van der Waals surface area contributed by atoms with Crippen LogP contribution in [0.2, 0.25) is 0 Å². The number of fused-ring (bicyclic) bond motifs is 1. The normalized spacial score (nSPS) is 36.9. The summed E-state index contributed by atoms with van der Waals surface area (Å²) in [6.45, 7) is 3.92. The first-order chi connectivity index (χ1) is 7.61. The Kier molecular flexibility index (Phi) is 3.08. The minimum atomic E-state index is -0.659.